The highest BCUT2D eigenvalue weighted by atomic mass is 32.2. The van der Waals surface area contributed by atoms with Gasteiger partial charge in [-0.25, -0.2) is 18.4 Å². The molecule has 0 amide bonds. The number of sulfone groups is 1. The topological polar surface area (TPSA) is 84.0 Å². The summed E-state index contributed by atoms with van der Waals surface area (Å²) in [6, 6.07) is 6.21. The highest BCUT2D eigenvalue weighted by molar-refractivity contribution is 7.92. The summed E-state index contributed by atoms with van der Waals surface area (Å²) in [6.07, 6.45) is 2.11. The molecule has 1 aliphatic rings. The second-order valence-corrected chi connectivity index (χ2v) is 8.96. The van der Waals surface area contributed by atoms with Crippen LogP contribution in [0.3, 0.4) is 0 Å². The van der Waals surface area contributed by atoms with Gasteiger partial charge in [0.2, 0.25) is 0 Å². The Bertz CT molecular complexity index is 820. The minimum Gasteiger partial charge on any atom is -0.369 e. The van der Waals surface area contributed by atoms with Gasteiger partial charge in [0.05, 0.1) is 16.5 Å². The van der Waals surface area contributed by atoms with Gasteiger partial charge in [-0.2, -0.15) is 0 Å². The van der Waals surface area contributed by atoms with Crippen molar-refractivity contribution in [3.63, 3.8) is 0 Å². The average Bonchev–Trinajstić information content (AvgIpc) is 2.56. The van der Waals surface area contributed by atoms with E-state index in [1.54, 1.807) is 6.33 Å². The molecule has 2 aromatic rings. The van der Waals surface area contributed by atoms with Crippen LogP contribution in [0.4, 0.5) is 5.82 Å². The molecule has 1 unspecified atom stereocenters. The van der Waals surface area contributed by atoms with Gasteiger partial charge in [0.15, 0.2) is 9.84 Å². The maximum Gasteiger partial charge on any atom is 0.155 e. The lowest BCUT2D eigenvalue weighted by molar-refractivity contribution is 0.537. The van der Waals surface area contributed by atoms with Crippen LogP contribution in [0.25, 0.3) is 10.9 Å². The summed E-state index contributed by atoms with van der Waals surface area (Å²) < 4.78 is 24.1. The van der Waals surface area contributed by atoms with E-state index in [4.69, 9.17) is 0 Å². The molecule has 1 aromatic carbocycles. The summed E-state index contributed by atoms with van der Waals surface area (Å²) in [5.41, 5.74) is 2.13. The quantitative estimate of drug-likeness (QED) is 0.859. The van der Waals surface area contributed by atoms with Crippen molar-refractivity contribution in [3.8, 4) is 0 Å². The summed E-state index contributed by atoms with van der Waals surface area (Å²) in [6.45, 7) is 5.97. The molecule has 1 atom stereocenters. The summed E-state index contributed by atoms with van der Waals surface area (Å²) in [5.74, 6) is 1.43. The van der Waals surface area contributed by atoms with Crippen molar-refractivity contribution >= 4 is 26.6 Å². The molecule has 2 N–H and O–H groups in total. The van der Waals surface area contributed by atoms with Gasteiger partial charge in [-0.15, -0.1) is 0 Å². The molecule has 7 heteroatoms. The Balaban J connectivity index is 1.74. The van der Waals surface area contributed by atoms with Crippen molar-refractivity contribution in [2.75, 3.05) is 30.7 Å². The Morgan fingerprint density at radius 1 is 1.33 bits per heavy atom. The van der Waals surface area contributed by atoms with E-state index in [1.807, 2.05) is 6.07 Å². The van der Waals surface area contributed by atoms with Crippen LogP contribution in [0.15, 0.2) is 24.5 Å². The number of nitrogens with zero attached hydrogens (tertiary/aromatic N) is 2. The number of benzene rings is 1. The lowest BCUT2D eigenvalue weighted by atomic mass is 10.0. The number of aromatic nitrogens is 2. The van der Waals surface area contributed by atoms with Crippen LogP contribution in [0.1, 0.15) is 31.7 Å². The minimum absolute atomic E-state index is 0.228. The first-order valence-electron chi connectivity index (χ1n) is 8.38. The number of rotatable bonds is 5. The molecule has 130 valence electrons. The molecule has 0 aliphatic carbocycles. The van der Waals surface area contributed by atoms with E-state index in [1.165, 1.54) is 5.56 Å². The average molecular weight is 348 g/mol. The molecule has 1 aromatic heterocycles. The van der Waals surface area contributed by atoms with E-state index in [2.05, 4.69) is 46.6 Å². The van der Waals surface area contributed by atoms with Crippen LogP contribution in [-0.4, -0.2) is 49.0 Å². The predicted molar refractivity (Wildman–Crippen MR) is 97.2 cm³/mol. The highest BCUT2D eigenvalue weighted by Crippen LogP contribution is 2.24. The largest absolute Gasteiger partial charge is 0.369 e. The van der Waals surface area contributed by atoms with Crippen LogP contribution < -0.4 is 10.6 Å². The van der Waals surface area contributed by atoms with Crippen molar-refractivity contribution in [2.45, 2.75) is 31.4 Å². The first kappa shape index (κ1) is 17.1. The molecule has 6 nitrogen and oxygen atoms in total. The predicted octanol–water partition coefficient (Wildman–Crippen LogP) is 1.94. The van der Waals surface area contributed by atoms with Gasteiger partial charge in [-0.1, -0.05) is 19.9 Å². The molecule has 1 saturated heterocycles. The van der Waals surface area contributed by atoms with Crippen LogP contribution in [0, 0.1) is 0 Å². The molecular formula is C17H24N4O2S. The molecule has 0 bridgehead atoms. The van der Waals surface area contributed by atoms with E-state index < -0.39 is 9.84 Å². The Labute approximate surface area is 143 Å². The lowest BCUT2D eigenvalue weighted by Crippen LogP contribution is -2.44. The normalized spacial score (nSPS) is 20.4. The fourth-order valence-corrected chi connectivity index (χ4v) is 4.59. The van der Waals surface area contributed by atoms with E-state index in [0.717, 1.165) is 16.7 Å². The van der Waals surface area contributed by atoms with E-state index in [-0.39, 0.29) is 11.0 Å². The van der Waals surface area contributed by atoms with Crippen LogP contribution in [0.5, 0.6) is 0 Å². The number of anilines is 1. The Morgan fingerprint density at radius 3 is 2.92 bits per heavy atom. The number of hydrogen-bond acceptors (Lipinski definition) is 6. The molecule has 24 heavy (non-hydrogen) atoms. The van der Waals surface area contributed by atoms with Gasteiger partial charge in [0, 0.05) is 25.0 Å². The summed E-state index contributed by atoms with van der Waals surface area (Å²) >= 11 is 0. The molecule has 2 heterocycles. The standard InChI is InChI=1S/C17H24N4O2S/c1-12(2)13-3-4-16-15(9-13)17(21-11-20-16)19-6-5-14-10-18-7-8-24(14,22)23/h3-4,9,11-12,14,18H,5-8,10H2,1-2H3,(H,19,20,21). The van der Waals surface area contributed by atoms with Crippen LogP contribution >= 0.6 is 0 Å². The van der Waals surface area contributed by atoms with Crippen molar-refractivity contribution in [3.05, 3.63) is 30.1 Å². The fourth-order valence-electron chi connectivity index (χ4n) is 2.98. The van der Waals surface area contributed by atoms with Gasteiger partial charge in [-0.05, 0) is 30.0 Å². The third-order valence-corrected chi connectivity index (χ3v) is 6.72. The molecule has 3 rings (SSSR count). The zero-order chi connectivity index (χ0) is 17.2. The highest BCUT2D eigenvalue weighted by Gasteiger charge is 2.28. The molecule has 1 aliphatic heterocycles. The van der Waals surface area contributed by atoms with Crippen molar-refractivity contribution in [2.24, 2.45) is 0 Å². The first-order chi connectivity index (χ1) is 11.5. The SMILES string of the molecule is CC(C)c1ccc2ncnc(NCCC3CNCCS3(=O)=O)c2c1. The maximum atomic E-state index is 12.1. The van der Waals surface area contributed by atoms with Gasteiger partial charge >= 0.3 is 0 Å². The second-order valence-electron chi connectivity index (χ2n) is 6.56. The Kier molecular flexibility index (Phi) is 5.01. The van der Waals surface area contributed by atoms with Crippen LogP contribution in [0.2, 0.25) is 0 Å². The van der Waals surface area contributed by atoms with Crippen LogP contribution in [-0.2, 0) is 9.84 Å². The first-order valence-corrected chi connectivity index (χ1v) is 10.1. The Morgan fingerprint density at radius 2 is 2.17 bits per heavy atom. The molecular weight excluding hydrogens is 324 g/mol. The molecule has 0 spiro atoms. The molecule has 0 saturated carbocycles. The zero-order valence-electron chi connectivity index (χ0n) is 14.1. The second kappa shape index (κ2) is 7.03. The van der Waals surface area contributed by atoms with E-state index >= 15 is 0 Å². The minimum atomic E-state index is -2.97. The summed E-state index contributed by atoms with van der Waals surface area (Å²) in [7, 11) is -2.97. The number of fused-ring (bicyclic) bond motifs is 1. The summed E-state index contributed by atoms with van der Waals surface area (Å²) in [4.78, 5) is 8.65. The lowest BCUT2D eigenvalue weighted by Gasteiger charge is -2.23. The van der Waals surface area contributed by atoms with Crippen molar-refractivity contribution in [1.29, 1.82) is 0 Å². The van der Waals surface area contributed by atoms with Crippen molar-refractivity contribution in [1.82, 2.24) is 15.3 Å². The zero-order valence-corrected chi connectivity index (χ0v) is 14.9. The monoisotopic (exact) mass is 348 g/mol. The fraction of sp³-hybridized carbons (Fsp3) is 0.529. The third-order valence-electron chi connectivity index (χ3n) is 4.53. The van der Waals surface area contributed by atoms with E-state index in [9.17, 15) is 8.42 Å². The Hall–Kier alpha value is -1.73. The number of hydrogen-bond donors (Lipinski definition) is 2. The molecule has 1 fully saturated rings. The smallest absolute Gasteiger partial charge is 0.155 e. The van der Waals surface area contributed by atoms with Gasteiger partial charge < -0.3 is 10.6 Å². The maximum absolute atomic E-state index is 12.1. The van der Waals surface area contributed by atoms with Gasteiger partial charge in [0.1, 0.15) is 12.1 Å². The van der Waals surface area contributed by atoms with Gasteiger partial charge in [0.25, 0.3) is 0 Å². The molecule has 0 radical (unpaired) electrons. The number of nitrogens with one attached hydrogen (secondary N) is 2. The third kappa shape index (κ3) is 3.67. The van der Waals surface area contributed by atoms with Crippen molar-refractivity contribution < 1.29 is 8.42 Å². The van der Waals surface area contributed by atoms with Gasteiger partial charge in [-0.3, -0.25) is 0 Å². The van der Waals surface area contributed by atoms with E-state index in [0.29, 0.717) is 32.0 Å². The summed E-state index contributed by atoms with van der Waals surface area (Å²) in [5, 5.41) is 7.11.